The zero-order chi connectivity index (χ0) is 19.7. The molecule has 0 saturated carbocycles. The minimum atomic E-state index is -3.61. The van der Waals surface area contributed by atoms with Gasteiger partial charge in [0.1, 0.15) is 0 Å². The van der Waals surface area contributed by atoms with Crippen molar-refractivity contribution in [3.05, 3.63) is 28.8 Å². The third-order valence-electron chi connectivity index (χ3n) is 6.01. The Labute approximate surface area is 174 Å². The van der Waals surface area contributed by atoms with Crippen LogP contribution in [-0.2, 0) is 14.8 Å². The summed E-state index contributed by atoms with van der Waals surface area (Å²) >= 11 is 0. The number of carbonyl (C=O) groups excluding carboxylic acids is 1. The summed E-state index contributed by atoms with van der Waals surface area (Å²) in [4.78, 5) is 14.7. The van der Waals surface area contributed by atoms with Crippen LogP contribution < -0.4 is 10.0 Å². The van der Waals surface area contributed by atoms with Gasteiger partial charge in [-0.25, -0.2) is 13.1 Å². The van der Waals surface area contributed by atoms with Crippen LogP contribution in [0.3, 0.4) is 0 Å². The Morgan fingerprint density at radius 1 is 1.14 bits per heavy atom. The number of piperidine rings is 1. The van der Waals surface area contributed by atoms with Gasteiger partial charge in [-0.15, -0.1) is 12.4 Å². The summed E-state index contributed by atoms with van der Waals surface area (Å²) in [6.45, 7) is 9.40. The Bertz CT molecular complexity index is 787. The second kappa shape index (κ2) is 9.11. The predicted octanol–water partition coefficient (Wildman–Crippen LogP) is 2.30. The lowest BCUT2D eigenvalue weighted by molar-refractivity contribution is -0.133. The van der Waals surface area contributed by atoms with Crippen LogP contribution in [0.4, 0.5) is 0 Å². The van der Waals surface area contributed by atoms with Crippen LogP contribution in [0.2, 0.25) is 0 Å². The van der Waals surface area contributed by atoms with Gasteiger partial charge in [-0.1, -0.05) is 17.7 Å². The number of halogens is 1. The highest BCUT2D eigenvalue weighted by molar-refractivity contribution is 7.89. The molecule has 8 heteroatoms. The fraction of sp³-hybridized carbons (Fsp3) is 0.650. The normalized spacial score (nSPS) is 18.9. The highest BCUT2D eigenvalue weighted by atomic mass is 35.5. The molecule has 2 fully saturated rings. The quantitative estimate of drug-likeness (QED) is 0.752. The number of carbonyl (C=O) groups is 1. The molecule has 1 amide bonds. The summed E-state index contributed by atoms with van der Waals surface area (Å²) in [7, 11) is -3.61. The summed E-state index contributed by atoms with van der Waals surface area (Å²) in [5.74, 6) is 0.0378. The van der Waals surface area contributed by atoms with Gasteiger partial charge in [0.25, 0.3) is 0 Å². The minimum absolute atomic E-state index is 0. The van der Waals surface area contributed by atoms with Gasteiger partial charge in [-0.2, -0.15) is 0 Å². The van der Waals surface area contributed by atoms with Gasteiger partial charge in [-0.05, 0) is 63.1 Å². The maximum atomic E-state index is 12.7. The molecule has 3 rings (SSSR count). The predicted molar refractivity (Wildman–Crippen MR) is 113 cm³/mol. The van der Waals surface area contributed by atoms with Crippen LogP contribution in [0.15, 0.2) is 17.0 Å². The maximum Gasteiger partial charge on any atom is 0.241 e. The number of likely N-dealkylation sites (tertiary alicyclic amines) is 1. The van der Waals surface area contributed by atoms with Crippen molar-refractivity contribution in [1.82, 2.24) is 14.9 Å². The van der Waals surface area contributed by atoms with Crippen LogP contribution in [0, 0.1) is 26.2 Å². The number of sulfonamides is 1. The van der Waals surface area contributed by atoms with Crippen LogP contribution >= 0.6 is 12.4 Å². The SMILES string of the molecule is Cc1cc(C)c(S(=O)(=O)NCCC(=O)N2CCC3(CCNC3)CC2)c(C)c1.Cl. The summed E-state index contributed by atoms with van der Waals surface area (Å²) in [6.07, 6.45) is 3.48. The Hall–Kier alpha value is -1.15. The van der Waals surface area contributed by atoms with E-state index >= 15 is 0 Å². The van der Waals surface area contributed by atoms with Crippen LogP contribution in [-0.4, -0.2) is 51.9 Å². The van der Waals surface area contributed by atoms with E-state index in [0.29, 0.717) is 10.3 Å². The number of amides is 1. The summed E-state index contributed by atoms with van der Waals surface area (Å²) in [5.41, 5.74) is 2.88. The fourth-order valence-electron chi connectivity index (χ4n) is 4.57. The maximum absolute atomic E-state index is 12.7. The van der Waals surface area contributed by atoms with E-state index in [-0.39, 0.29) is 31.3 Å². The van der Waals surface area contributed by atoms with Crippen molar-refractivity contribution in [3.63, 3.8) is 0 Å². The highest BCUT2D eigenvalue weighted by Crippen LogP contribution is 2.36. The molecular formula is C20H32ClN3O3S. The molecule has 2 heterocycles. The largest absolute Gasteiger partial charge is 0.343 e. The van der Waals surface area contributed by atoms with Crippen LogP contribution in [0.25, 0.3) is 0 Å². The molecular weight excluding hydrogens is 398 g/mol. The molecule has 2 aliphatic heterocycles. The number of benzene rings is 1. The van der Waals surface area contributed by atoms with E-state index in [9.17, 15) is 13.2 Å². The first-order valence-corrected chi connectivity index (χ1v) is 11.3. The molecule has 0 atom stereocenters. The topological polar surface area (TPSA) is 78.5 Å². The van der Waals surface area contributed by atoms with E-state index in [0.717, 1.165) is 55.7 Å². The Morgan fingerprint density at radius 2 is 1.75 bits per heavy atom. The minimum Gasteiger partial charge on any atom is -0.343 e. The summed E-state index contributed by atoms with van der Waals surface area (Å²) in [5, 5.41) is 3.43. The molecule has 0 aliphatic carbocycles. The van der Waals surface area contributed by atoms with E-state index in [1.54, 1.807) is 13.8 Å². The molecule has 2 N–H and O–H groups in total. The van der Waals surface area contributed by atoms with Crippen molar-refractivity contribution in [2.75, 3.05) is 32.7 Å². The van der Waals surface area contributed by atoms with E-state index in [1.165, 1.54) is 6.42 Å². The molecule has 2 saturated heterocycles. The van der Waals surface area contributed by atoms with Gasteiger partial charge in [0.15, 0.2) is 0 Å². The summed E-state index contributed by atoms with van der Waals surface area (Å²) < 4.78 is 27.9. The number of hydrogen-bond acceptors (Lipinski definition) is 4. The smallest absolute Gasteiger partial charge is 0.241 e. The molecule has 158 valence electrons. The Kier molecular flexibility index (Phi) is 7.53. The van der Waals surface area contributed by atoms with Gasteiger partial charge >= 0.3 is 0 Å². The molecule has 28 heavy (non-hydrogen) atoms. The first-order valence-electron chi connectivity index (χ1n) is 9.78. The van der Waals surface area contributed by atoms with E-state index < -0.39 is 10.0 Å². The monoisotopic (exact) mass is 429 g/mol. The number of nitrogens with zero attached hydrogens (tertiary/aromatic N) is 1. The summed E-state index contributed by atoms with van der Waals surface area (Å²) in [6, 6.07) is 3.74. The fourth-order valence-corrected chi connectivity index (χ4v) is 6.05. The zero-order valence-corrected chi connectivity index (χ0v) is 18.6. The number of hydrogen-bond donors (Lipinski definition) is 2. The van der Waals surface area contributed by atoms with Gasteiger partial charge in [0.2, 0.25) is 15.9 Å². The van der Waals surface area contributed by atoms with Gasteiger partial charge in [0, 0.05) is 32.6 Å². The van der Waals surface area contributed by atoms with E-state index in [4.69, 9.17) is 0 Å². The molecule has 0 aromatic heterocycles. The molecule has 1 aromatic rings. The average molecular weight is 430 g/mol. The third-order valence-corrected chi connectivity index (χ3v) is 7.78. The Balaban J connectivity index is 0.00000280. The van der Waals surface area contributed by atoms with Crippen LogP contribution in [0.5, 0.6) is 0 Å². The Morgan fingerprint density at radius 3 is 2.29 bits per heavy atom. The second-order valence-electron chi connectivity index (χ2n) is 8.18. The zero-order valence-electron chi connectivity index (χ0n) is 17.0. The number of rotatable bonds is 5. The van der Waals surface area contributed by atoms with Crippen molar-refractivity contribution >= 4 is 28.3 Å². The number of aryl methyl sites for hydroxylation is 3. The molecule has 2 aliphatic rings. The van der Waals surface area contributed by atoms with Crippen molar-refractivity contribution in [1.29, 1.82) is 0 Å². The molecule has 6 nitrogen and oxygen atoms in total. The number of nitrogens with one attached hydrogen (secondary N) is 2. The molecule has 1 aromatic carbocycles. The van der Waals surface area contributed by atoms with E-state index in [2.05, 4.69) is 10.0 Å². The lowest BCUT2D eigenvalue weighted by Crippen LogP contribution is -2.44. The molecule has 0 unspecified atom stereocenters. The lowest BCUT2D eigenvalue weighted by Gasteiger charge is -2.39. The molecule has 0 radical (unpaired) electrons. The van der Waals surface area contributed by atoms with Crippen molar-refractivity contribution < 1.29 is 13.2 Å². The van der Waals surface area contributed by atoms with Gasteiger partial charge < -0.3 is 10.2 Å². The van der Waals surface area contributed by atoms with Crippen LogP contribution in [0.1, 0.15) is 42.4 Å². The first-order chi connectivity index (χ1) is 12.7. The van der Waals surface area contributed by atoms with E-state index in [1.807, 2.05) is 24.0 Å². The van der Waals surface area contributed by atoms with Crippen molar-refractivity contribution in [2.24, 2.45) is 5.41 Å². The van der Waals surface area contributed by atoms with Gasteiger partial charge in [-0.3, -0.25) is 4.79 Å². The standard InChI is InChI=1S/C20H31N3O3S.ClH/c1-15-12-16(2)19(17(3)13-15)27(25,26)22-8-4-18(24)23-10-6-20(7-11-23)5-9-21-14-20;/h12-13,21-22H,4-11,14H2,1-3H3;1H. The first kappa shape index (κ1) is 23.1. The molecule has 0 bridgehead atoms. The van der Waals surface area contributed by atoms with Gasteiger partial charge in [0.05, 0.1) is 4.90 Å². The third kappa shape index (κ3) is 5.06. The van der Waals surface area contributed by atoms with Crippen molar-refractivity contribution in [2.45, 2.75) is 51.3 Å². The lowest BCUT2D eigenvalue weighted by atomic mass is 9.78. The highest BCUT2D eigenvalue weighted by Gasteiger charge is 2.37. The molecule has 1 spiro atoms. The average Bonchev–Trinajstić information content (AvgIpc) is 3.02. The second-order valence-corrected chi connectivity index (χ2v) is 9.89. The van der Waals surface area contributed by atoms with Crippen molar-refractivity contribution in [3.8, 4) is 0 Å².